The lowest BCUT2D eigenvalue weighted by molar-refractivity contribution is -0.129. The van der Waals surface area contributed by atoms with E-state index >= 15 is 4.39 Å². The summed E-state index contributed by atoms with van der Waals surface area (Å²) in [7, 11) is 0. The first-order valence-electron chi connectivity index (χ1n) is 8.61. The molecule has 8 heteroatoms. The fourth-order valence-electron chi connectivity index (χ4n) is 3.64. The Morgan fingerprint density at radius 2 is 2.26 bits per heavy atom. The molecule has 0 aromatic carbocycles. The van der Waals surface area contributed by atoms with Crippen molar-refractivity contribution >= 4 is 23.6 Å². The number of nitrogens with zero attached hydrogens (tertiary/aromatic N) is 4. The van der Waals surface area contributed by atoms with Crippen LogP contribution < -0.4 is 4.90 Å². The maximum atomic E-state index is 15.0. The Morgan fingerprint density at radius 3 is 2.85 bits per heavy atom. The van der Waals surface area contributed by atoms with Crippen LogP contribution in [0.5, 0.6) is 0 Å². The predicted octanol–water partition coefficient (Wildman–Crippen LogP) is 2.10. The molecule has 2 atom stereocenters. The molecule has 0 radical (unpaired) electrons. The van der Waals surface area contributed by atoms with Gasteiger partial charge in [-0.05, 0) is 30.7 Å². The first-order valence-corrected chi connectivity index (χ1v) is 8.61. The summed E-state index contributed by atoms with van der Waals surface area (Å²) >= 11 is 0. The van der Waals surface area contributed by atoms with Crippen LogP contribution in [-0.4, -0.2) is 52.3 Å². The van der Waals surface area contributed by atoms with Crippen molar-refractivity contribution in [1.82, 2.24) is 14.9 Å². The Morgan fingerprint density at radius 1 is 1.41 bits per heavy atom. The van der Waals surface area contributed by atoms with Gasteiger partial charge >= 0.3 is 0 Å². The largest absolute Gasteiger partial charge is 0.360 e. The lowest BCUT2D eigenvalue weighted by Crippen LogP contribution is -2.57. The number of piperidine rings is 1. The van der Waals surface area contributed by atoms with Gasteiger partial charge < -0.3 is 15.3 Å². The number of aromatic nitrogens is 2. The molecule has 2 unspecified atom stereocenters. The Balaban J connectivity index is 1.53. The van der Waals surface area contributed by atoms with Gasteiger partial charge in [0, 0.05) is 25.2 Å². The molecule has 4 heterocycles. The first kappa shape index (κ1) is 17.0. The standard InChI is InChI=1S/C19H17FN6O/c20-14-11-25(17-4-3-12(8-21)10-24-17)7-5-16(14)26-18(13(9-22)19(26)27)15-2-1-6-23-15/h1-4,6,9-10,14,16,22-23H,5,7,11H2. The van der Waals surface area contributed by atoms with Gasteiger partial charge in [0.2, 0.25) is 0 Å². The maximum absolute atomic E-state index is 15.0. The highest BCUT2D eigenvalue weighted by Crippen LogP contribution is 2.38. The molecule has 2 aromatic rings. The highest BCUT2D eigenvalue weighted by molar-refractivity contribution is 6.26. The number of pyridine rings is 1. The van der Waals surface area contributed by atoms with Crippen LogP contribution in [0.4, 0.5) is 10.2 Å². The number of anilines is 1. The summed E-state index contributed by atoms with van der Waals surface area (Å²) in [4.78, 5) is 23.0. The third-order valence-electron chi connectivity index (χ3n) is 4.98. The minimum absolute atomic E-state index is 0.116. The number of carbonyl (C=O) groups is 1. The summed E-state index contributed by atoms with van der Waals surface area (Å²) in [6.45, 7) is 0.664. The Bertz CT molecular complexity index is 944. The van der Waals surface area contributed by atoms with E-state index in [0.717, 1.165) is 6.21 Å². The molecule has 1 saturated heterocycles. The van der Waals surface area contributed by atoms with Crippen molar-refractivity contribution in [3.05, 3.63) is 53.5 Å². The van der Waals surface area contributed by atoms with E-state index < -0.39 is 12.2 Å². The monoisotopic (exact) mass is 364 g/mol. The van der Waals surface area contributed by atoms with Gasteiger partial charge in [-0.15, -0.1) is 0 Å². The molecule has 0 saturated carbocycles. The molecule has 1 amide bonds. The molecular weight excluding hydrogens is 347 g/mol. The molecule has 2 aliphatic rings. The molecule has 0 bridgehead atoms. The Labute approximate surface area is 155 Å². The number of nitrogens with one attached hydrogen (secondary N) is 2. The van der Waals surface area contributed by atoms with Gasteiger partial charge in [-0.3, -0.25) is 9.69 Å². The zero-order valence-corrected chi connectivity index (χ0v) is 14.4. The highest BCUT2D eigenvalue weighted by atomic mass is 19.1. The van der Waals surface area contributed by atoms with Gasteiger partial charge in [0.15, 0.2) is 0 Å². The van der Waals surface area contributed by atoms with E-state index in [1.165, 1.54) is 11.1 Å². The number of hydrogen-bond donors (Lipinski definition) is 2. The van der Waals surface area contributed by atoms with Crippen molar-refractivity contribution in [1.29, 1.82) is 10.7 Å². The SMILES string of the molecule is N#Cc1ccc(N2CCC(N3C(=O)C(C=N)=C3c3ccc[nH]3)C(F)C2)nc1. The van der Waals surface area contributed by atoms with E-state index in [0.29, 0.717) is 41.3 Å². The second-order valence-corrected chi connectivity index (χ2v) is 6.50. The van der Waals surface area contributed by atoms with E-state index in [2.05, 4.69) is 9.97 Å². The molecule has 0 aliphatic carbocycles. The van der Waals surface area contributed by atoms with Crippen molar-refractivity contribution in [2.75, 3.05) is 18.0 Å². The van der Waals surface area contributed by atoms with E-state index in [-0.39, 0.29) is 12.5 Å². The van der Waals surface area contributed by atoms with E-state index in [4.69, 9.17) is 10.7 Å². The van der Waals surface area contributed by atoms with Crippen LogP contribution in [0.2, 0.25) is 0 Å². The number of amides is 1. The smallest absolute Gasteiger partial charge is 0.262 e. The van der Waals surface area contributed by atoms with Gasteiger partial charge in [0.1, 0.15) is 18.1 Å². The van der Waals surface area contributed by atoms with Crippen LogP contribution in [0.15, 0.2) is 42.2 Å². The summed E-state index contributed by atoms with van der Waals surface area (Å²) in [6, 6.07) is 8.41. The van der Waals surface area contributed by atoms with Crippen molar-refractivity contribution in [3.8, 4) is 6.07 Å². The van der Waals surface area contributed by atoms with Crippen LogP contribution in [0.25, 0.3) is 5.70 Å². The summed E-state index contributed by atoms with van der Waals surface area (Å²) in [5.41, 5.74) is 2.03. The number of aromatic amines is 1. The molecule has 4 rings (SSSR count). The van der Waals surface area contributed by atoms with E-state index in [9.17, 15) is 4.79 Å². The molecule has 1 fully saturated rings. The van der Waals surface area contributed by atoms with E-state index in [1.807, 2.05) is 11.0 Å². The predicted molar refractivity (Wildman–Crippen MR) is 97.8 cm³/mol. The second kappa shape index (κ2) is 6.68. The fourth-order valence-corrected chi connectivity index (χ4v) is 3.64. The quantitative estimate of drug-likeness (QED) is 0.812. The van der Waals surface area contributed by atoms with Crippen molar-refractivity contribution in [2.24, 2.45) is 0 Å². The summed E-state index contributed by atoms with van der Waals surface area (Å²) in [5.74, 6) is 0.303. The lowest BCUT2D eigenvalue weighted by Gasteiger charge is -2.45. The minimum Gasteiger partial charge on any atom is -0.360 e. The summed E-state index contributed by atoms with van der Waals surface area (Å²) in [5, 5.41) is 16.3. The van der Waals surface area contributed by atoms with Crippen molar-refractivity contribution in [3.63, 3.8) is 0 Å². The number of nitriles is 1. The molecule has 2 aromatic heterocycles. The zero-order valence-electron chi connectivity index (χ0n) is 14.4. The summed E-state index contributed by atoms with van der Waals surface area (Å²) in [6.07, 6.45) is 3.42. The molecule has 136 valence electrons. The molecule has 27 heavy (non-hydrogen) atoms. The van der Waals surface area contributed by atoms with Crippen LogP contribution in [0.1, 0.15) is 17.7 Å². The zero-order chi connectivity index (χ0) is 19.0. The average Bonchev–Trinajstić information content (AvgIpc) is 3.21. The van der Waals surface area contributed by atoms with Gasteiger partial charge in [0.25, 0.3) is 5.91 Å². The Kier molecular flexibility index (Phi) is 4.20. The average molecular weight is 364 g/mol. The number of H-pyrrole nitrogens is 1. The third kappa shape index (κ3) is 2.77. The van der Waals surface area contributed by atoms with Gasteiger partial charge in [-0.2, -0.15) is 5.26 Å². The maximum Gasteiger partial charge on any atom is 0.262 e. The number of halogens is 1. The molecule has 2 aliphatic heterocycles. The highest BCUT2D eigenvalue weighted by Gasteiger charge is 2.45. The minimum atomic E-state index is -1.25. The lowest BCUT2D eigenvalue weighted by atomic mass is 9.92. The van der Waals surface area contributed by atoms with Crippen LogP contribution >= 0.6 is 0 Å². The molecular formula is C19H17FN6O. The van der Waals surface area contributed by atoms with Crippen molar-refractivity contribution < 1.29 is 9.18 Å². The third-order valence-corrected chi connectivity index (χ3v) is 4.98. The fraction of sp³-hybridized carbons (Fsp3) is 0.263. The molecule has 2 N–H and O–H groups in total. The normalized spacial score (nSPS) is 22.4. The van der Waals surface area contributed by atoms with Gasteiger partial charge in [0.05, 0.1) is 35.1 Å². The van der Waals surface area contributed by atoms with Crippen LogP contribution in [0.3, 0.4) is 0 Å². The van der Waals surface area contributed by atoms with Crippen LogP contribution in [-0.2, 0) is 4.79 Å². The number of hydrogen-bond acceptors (Lipinski definition) is 5. The number of alkyl halides is 1. The number of carbonyl (C=O) groups excluding carboxylic acids is 1. The van der Waals surface area contributed by atoms with Gasteiger partial charge in [-0.25, -0.2) is 9.37 Å². The second-order valence-electron chi connectivity index (χ2n) is 6.50. The molecule has 0 spiro atoms. The van der Waals surface area contributed by atoms with Gasteiger partial charge in [-0.1, -0.05) is 0 Å². The first-order chi connectivity index (χ1) is 13.1. The number of rotatable bonds is 4. The van der Waals surface area contributed by atoms with Crippen molar-refractivity contribution in [2.45, 2.75) is 18.6 Å². The summed E-state index contributed by atoms with van der Waals surface area (Å²) < 4.78 is 15.0. The topological polar surface area (TPSA) is 99.9 Å². The van der Waals surface area contributed by atoms with E-state index in [1.54, 1.807) is 30.5 Å². The Hall–Kier alpha value is -3.47. The van der Waals surface area contributed by atoms with Crippen LogP contribution in [0, 0.1) is 16.7 Å². The molecule has 7 nitrogen and oxygen atoms in total.